The summed E-state index contributed by atoms with van der Waals surface area (Å²) in [5.74, 6) is -0.481. The molecule has 278 valence electrons. The Balaban J connectivity index is 0.00000600. The maximum absolute atomic E-state index is 11.1. The molecule has 1 unspecified atom stereocenters. The zero-order chi connectivity index (χ0) is 34.4. The topological polar surface area (TPSA) is 203 Å². The molecule has 1 aliphatic rings. The van der Waals surface area contributed by atoms with Gasteiger partial charge in [0.15, 0.2) is 6.10 Å². The first kappa shape index (κ1) is 43.9. The van der Waals surface area contributed by atoms with Crippen molar-refractivity contribution in [2.45, 2.75) is 110 Å². The molecule has 2 aromatic carbocycles. The van der Waals surface area contributed by atoms with Gasteiger partial charge in [0, 0.05) is 56.1 Å². The highest BCUT2D eigenvalue weighted by atomic mass is 32.2. The van der Waals surface area contributed by atoms with Gasteiger partial charge in [0.1, 0.15) is 22.8 Å². The minimum Gasteiger partial charge on any atom is -0.870 e. The number of aliphatic hydroxyl groups is 2. The van der Waals surface area contributed by atoms with Crippen molar-refractivity contribution in [3.8, 4) is 11.5 Å². The third-order valence-corrected chi connectivity index (χ3v) is 9.91. The van der Waals surface area contributed by atoms with Crippen molar-refractivity contribution in [1.82, 2.24) is 0 Å². The summed E-state index contributed by atoms with van der Waals surface area (Å²) in [5.41, 5.74) is 2.37. The van der Waals surface area contributed by atoms with Gasteiger partial charge in [0.05, 0.1) is 17.0 Å². The number of aromatic hydroxyl groups is 2. The van der Waals surface area contributed by atoms with Crippen molar-refractivity contribution in [2.75, 3.05) is 41.7 Å². The summed E-state index contributed by atoms with van der Waals surface area (Å²) in [6.07, 6.45) is 13.6. The second-order valence-electron chi connectivity index (χ2n) is 12.7. The number of hydrogen-bond donors (Lipinski definition) is 5. The van der Waals surface area contributed by atoms with Crippen LogP contribution in [-0.2, 0) is 10.1 Å². The highest BCUT2D eigenvalue weighted by molar-refractivity contribution is 7.85. The van der Waals surface area contributed by atoms with Crippen LogP contribution >= 0.6 is 0 Å². The van der Waals surface area contributed by atoms with Crippen molar-refractivity contribution in [2.24, 2.45) is 0 Å². The molecule has 0 saturated heterocycles. The molecular weight excluding hydrogens is 648 g/mol. The van der Waals surface area contributed by atoms with Crippen LogP contribution in [0.5, 0.6) is 11.5 Å². The van der Waals surface area contributed by atoms with Crippen LogP contribution in [0.15, 0.2) is 42.2 Å². The molecule has 0 saturated carbocycles. The molecule has 2 aromatic rings. The predicted molar refractivity (Wildman–Crippen MR) is 198 cm³/mol. The highest BCUT2D eigenvalue weighted by Crippen LogP contribution is 2.50. The van der Waals surface area contributed by atoms with Crippen LogP contribution in [0.2, 0.25) is 0 Å². The summed E-state index contributed by atoms with van der Waals surface area (Å²) >= 11 is 0. The number of rotatable bonds is 23. The smallest absolute Gasteiger partial charge is 0.264 e. The minimum atomic E-state index is -4.06. The summed E-state index contributed by atoms with van der Waals surface area (Å²) in [6, 6.07) is 10.3. The van der Waals surface area contributed by atoms with Crippen molar-refractivity contribution in [3.05, 3.63) is 59.2 Å². The molecule has 0 fully saturated rings. The standard InChI is InChI=1S/C37H56N2O7S.2H2O/c1-4-7-9-11-13-15-22-39(23-16-14-12-10-8-5-2)29-19-21-31(33(41)27-29)35-36(42)34(37(35)43)30-20-18-28(26-32(30)40)38(6-3)24-17-25-47(44,45)46;;/h18-21,26-27,36,42H,4-17,22-25H2,1-3H3,(H3-,40,41,43,44,45,46);2*1H2. The van der Waals surface area contributed by atoms with E-state index in [9.17, 15) is 28.8 Å². The van der Waals surface area contributed by atoms with Gasteiger partial charge >= 0.3 is 0 Å². The largest absolute Gasteiger partial charge is 0.870 e. The zero-order valence-corrected chi connectivity index (χ0v) is 30.4. The Morgan fingerprint density at radius 3 is 1.67 bits per heavy atom. The van der Waals surface area contributed by atoms with Crippen molar-refractivity contribution >= 4 is 27.1 Å². The second kappa shape index (κ2) is 21.8. The van der Waals surface area contributed by atoms with E-state index in [4.69, 9.17) is 4.55 Å². The van der Waals surface area contributed by atoms with Crippen LogP contribution in [0.25, 0.3) is 5.57 Å². The summed E-state index contributed by atoms with van der Waals surface area (Å²) in [7, 11) is -4.06. The van der Waals surface area contributed by atoms with Crippen LogP contribution in [0.1, 0.15) is 115 Å². The van der Waals surface area contributed by atoms with Gasteiger partial charge in [-0.1, -0.05) is 78.1 Å². The van der Waals surface area contributed by atoms with Gasteiger partial charge in [-0.05, 0) is 38.3 Å². The molecule has 11 nitrogen and oxygen atoms in total. The van der Waals surface area contributed by atoms with Crippen molar-refractivity contribution in [1.29, 1.82) is 0 Å². The van der Waals surface area contributed by atoms with Gasteiger partial charge in [-0.15, -0.1) is 0 Å². The third kappa shape index (κ3) is 12.9. The van der Waals surface area contributed by atoms with E-state index in [2.05, 4.69) is 18.7 Å². The maximum Gasteiger partial charge on any atom is 0.264 e. The molecule has 0 radical (unpaired) electrons. The predicted octanol–water partition coefficient (Wildman–Crippen LogP) is 6.99. The molecule has 8 N–H and O–H groups in total. The van der Waals surface area contributed by atoms with Gasteiger partial charge < -0.3 is 41.2 Å². The van der Waals surface area contributed by atoms with E-state index in [1.54, 1.807) is 24.3 Å². The van der Waals surface area contributed by atoms with Crippen LogP contribution in [-0.4, -0.2) is 82.4 Å². The minimum absolute atomic E-state index is 0. The fourth-order valence-electron chi connectivity index (χ4n) is 6.35. The summed E-state index contributed by atoms with van der Waals surface area (Å²) < 4.78 is 31.2. The Labute approximate surface area is 293 Å². The number of phenolic OH excluding ortho intramolecular Hbond substituents is 2. The average molecular weight is 709 g/mol. The van der Waals surface area contributed by atoms with E-state index >= 15 is 0 Å². The number of anilines is 2. The van der Waals surface area contributed by atoms with Crippen LogP contribution in [0, 0.1) is 5.92 Å². The number of hydrogen-bond acceptors (Lipinski definition) is 9. The maximum atomic E-state index is 11.1. The summed E-state index contributed by atoms with van der Waals surface area (Å²) in [4.78, 5) is 4.20. The average Bonchev–Trinajstić information content (AvgIpc) is 3.03. The van der Waals surface area contributed by atoms with Crippen LogP contribution in [0.4, 0.5) is 11.4 Å². The van der Waals surface area contributed by atoms with E-state index < -0.39 is 16.2 Å². The molecule has 3 rings (SSSR count). The van der Waals surface area contributed by atoms with Gasteiger partial charge in [-0.25, -0.2) is 0 Å². The number of nitrogens with zero attached hydrogens (tertiary/aromatic N) is 2. The first-order valence-corrected chi connectivity index (χ1v) is 19.2. The normalized spacial score (nSPS) is 14.2. The Hall–Kier alpha value is -3.16. The monoisotopic (exact) mass is 708 g/mol. The molecule has 0 aromatic heterocycles. The number of unbranched alkanes of at least 4 members (excludes halogenated alkanes) is 10. The Morgan fingerprint density at radius 2 is 1.18 bits per heavy atom. The SMILES string of the molecule is CCCCCCCCN(CCCCCCCC)c1ccc([C+]2C(O)=C(c3ccc(N(CC)CCCS(=O)(=O)O)cc3O)C2O)c(O)c1.O.[OH-]. The molecule has 0 bridgehead atoms. The molecule has 12 heteroatoms. The molecule has 0 spiro atoms. The van der Waals surface area contributed by atoms with Gasteiger partial charge in [-0.2, -0.15) is 8.42 Å². The summed E-state index contributed by atoms with van der Waals surface area (Å²) in [6.45, 7) is 9.07. The Kier molecular flexibility index (Phi) is 19.5. The number of benzene rings is 2. The quantitative estimate of drug-likeness (QED) is 0.0454. The Morgan fingerprint density at radius 1 is 0.694 bits per heavy atom. The highest BCUT2D eigenvalue weighted by Gasteiger charge is 2.51. The molecule has 49 heavy (non-hydrogen) atoms. The molecular formula is C37H60N2O9S. The fourth-order valence-corrected chi connectivity index (χ4v) is 6.85. The van der Waals surface area contributed by atoms with Gasteiger partial charge in [0.2, 0.25) is 11.5 Å². The van der Waals surface area contributed by atoms with E-state index in [1.165, 1.54) is 70.3 Å². The zero-order valence-electron chi connectivity index (χ0n) is 29.6. The van der Waals surface area contributed by atoms with E-state index in [0.717, 1.165) is 31.6 Å². The molecule has 1 aliphatic carbocycles. The van der Waals surface area contributed by atoms with E-state index in [0.29, 0.717) is 24.3 Å². The molecule has 1 atom stereocenters. The van der Waals surface area contributed by atoms with Gasteiger partial charge in [0.25, 0.3) is 10.1 Å². The molecule has 0 amide bonds. The van der Waals surface area contributed by atoms with E-state index in [-0.39, 0.29) is 57.4 Å². The number of phenols is 2. The Bertz CT molecular complexity index is 1380. The first-order valence-electron chi connectivity index (χ1n) is 17.6. The van der Waals surface area contributed by atoms with E-state index in [1.807, 2.05) is 17.9 Å². The lowest BCUT2D eigenvalue weighted by atomic mass is 9.73. The third-order valence-electron chi connectivity index (χ3n) is 9.11. The lowest BCUT2D eigenvalue weighted by molar-refractivity contribution is 0.205. The first-order chi connectivity index (χ1) is 22.5. The molecule has 0 heterocycles. The fraction of sp³-hybridized carbons (Fsp3) is 0.595. The van der Waals surface area contributed by atoms with Crippen molar-refractivity contribution in [3.63, 3.8) is 0 Å². The second-order valence-corrected chi connectivity index (χ2v) is 14.3. The number of aliphatic hydroxyl groups excluding tert-OH is 2. The summed E-state index contributed by atoms with van der Waals surface area (Å²) in [5, 5.41) is 44.1. The van der Waals surface area contributed by atoms with Gasteiger partial charge in [-0.3, -0.25) is 4.55 Å². The lowest BCUT2D eigenvalue weighted by Gasteiger charge is -2.30. The lowest BCUT2D eigenvalue weighted by Crippen LogP contribution is -2.34. The molecule has 0 aliphatic heterocycles. The van der Waals surface area contributed by atoms with Crippen molar-refractivity contribution < 1.29 is 44.3 Å². The van der Waals surface area contributed by atoms with Crippen LogP contribution in [0.3, 0.4) is 0 Å². The van der Waals surface area contributed by atoms with Crippen LogP contribution < -0.4 is 9.80 Å².